The normalized spacial score (nSPS) is 18.3. The monoisotopic (exact) mass is 407 g/mol. The molecule has 2 N–H and O–H groups in total. The van der Waals surface area contributed by atoms with Gasteiger partial charge in [-0.15, -0.1) is 0 Å². The van der Waals surface area contributed by atoms with Crippen LogP contribution in [0.2, 0.25) is 0 Å². The maximum atomic E-state index is 13.1. The molecule has 1 fully saturated rings. The van der Waals surface area contributed by atoms with Gasteiger partial charge in [-0.05, 0) is 55.9 Å². The van der Waals surface area contributed by atoms with Crippen molar-refractivity contribution < 1.29 is 14.3 Å². The van der Waals surface area contributed by atoms with E-state index in [1.54, 1.807) is 18.2 Å². The highest BCUT2D eigenvalue weighted by Crippen LogP contribution is 2.30. The molecule has 0 aliphatic carbocycles. The van der Waals surface area contributed by atoms with E-state index in [0.717, 1.165) is 45.1 Å². The number of nitrogens with one attached hydrogen (secondary N) is 2. The molecule has 3 amide bonds. The predicted octanol–water partition coefficient (Wildman–Crippen LogP) is 4.22. The number of ether oxygens (including phenoxy) is 1. The summed E-state index contributed by atoms with van der Waals surface area (Å²) in [6.45, 7) is 1.99. The fourth-order valence-corrected chi connectivity index (χ4v) is 4.24. The Kier molecular flexibility index (Phi) is 6.52. The lowest BCUT2D eigenvalue weighted by Crippen LogP contribution is -2.45. The first-order valence-corrected chi connectivity index (χ1v) is 10.9. The summed E-state index contributed by atoms with van der Waals surface area (Å²) in [6, 6.07) is 15.5. The zero-order chi connectivity index (χ0) is 20.8. The molecular formula is C24H29N3O3. The summed E-state index contributed by atoms with van der Waals surface area (Å²) in [5.41, 5.74) is 2.39. The van der Waals surface area contributed by atoms with Crippen molar-refractivity contribution in [3.63, 3.8) is 0 Å². The molecule has 2 aromatic carbocycles. The second-order valence-electron chi connectivity index (χ2n) is 7.97. The van der Waals surface area contributed by atoms with E-state index in [4.69, 9.17) is 4.74 Å². The van der Waals surface area contributed by atoms with Gasteiger partial charge in [-0.25, -0.2) is 4.79 Å². The Morgan fingerprint density at radius 3 is 2.83 bits per heavy atom. The molecule has 2 aliphatic rings. The molecule has 1 saturated heterocycles. The Morgan fingerprint density at radius 2 is 1.97 bits per heavy atom. The SMILES string of the molecule is O=C(NCCCc1ccccc1)Nc1ccc2c(c1)C(=O)N1CCCCC1CCO2. The first-order chi connectivity index (χ1) is 14.7. The Morgan fingerprint density at radius 1 is 1.10 bits per heavy atom. The topological polar surface area (TPSA) is 70.7 Å². The van der Waals surface area contributed by atoms with Crippen molar-refractivity contribution in [2.45, 2.75) is 44.6 Å². The van der Waals surface area contributed by atoms with Crippen LogP contribution in [-0.2, 0) is 6.42 Å². The zero-order valence-electron chi connectivity index (χ0n) is 17.2. The molecule has 1 atom stereocenters. The van der Waals surface area contributed by atoms with E-state index in [2.05, 4.69) is 22.8 Å². The highest BCUT2D eigenvalue weighted by molar-refractivity contribution is 5.99. The Labute approximate surface area is 177 Å². The maximum absolute atomic E-state index is 13.1. The van der Waals surface area contributed by atoms with Crippen LogP contribution in [0.5, 0.6) is 5.75 Å². The Hall–Kier alpha value is -3.02. The minimum Gasteiger partial charge on any atom is -0.493 e. The van der Waals surface area contributed by atoms with Gasteiger partial charge in [-0.1, -0.05) is 30.3 Å². The van der Waals surface area contributed by atoms with Crippen LogP contribution in [0.1, 0.15) is 48.0 Å². The largest absolute Gasteiger partial charge is 0.493 e. The van der Waals surface area contributed by atoms with E-state index in [0.29, 0.717) is 30.2 Å². The molecule has 0 radical (unpaired) electrons. The van der Waals surface area contributed by atoms with Gasteiger partial charge in [-0.3, -0.25) is 4.79 Å². The number of amides is 3. The van der Waals surface area contributed by atoms with E-state index in [1.165, 1.54) is 5.56 Å². The molecule has 0 spiro atoms. The number of aryl methyl sites for hydroxylation is 1. The molecule has 4 rings (SSSR count). The lowest BCUT2D eigenvalue weighted by Gasteiger charge is -2.37. The molecule has 0 saturated carbocycles. The third kappa shape index (κ3) is 4.93. The predicted molar refractivity (Wildman–Crippen MR) is 117 cm³/mol. The van der Waals surface area contributed by atoms with Crippen LogP contribution >= 0.6 is 0 Å². The molecule has 158 valence electrons. The number of piperidine rings is 1. The number of hydrogen-bond donors (Lipinski definition) is 2. The van der Waals surface area contributed by atoms with Gasteiger partial charge >= 0.3 is 6.03 Å². The van der Waals surface area contributed by atoms with Crippen LogP contribution in [0, 0.1) is 0 Å². The van der Waals surface area contributed by atoms with Crippen molar-refractivity contribution in [1.82, 2.24) is 10.2 Å². The summed E-state index contributed by atoms with van der Waals surface area (Å²) in [6.07, 6.45) is 5.90. The van der Waals surface area contributed by atoms with Crippen molar-refractivity contribution in [3.05, 3.63) is 59.7 Å². The van der Waals surface area contributed by atoms with Gasteiger partial charge in [-0.2, -0.15) is 0 Å². The fraction of sp³-hybridized carbons (Fsp3) is 0.417. The van der Waals surface area contributed by atoms with E-state index < -0.39 is 0 Å². The van der Waals surface area contributed by atoms with E-state index in [1.807, 2.05) is 23.1 Å². The van der Waals surface area contributed by atoms with Gasteiger partial charge in [0.25, 0.3) is 5.91 Å². The molecule has 6 heteroatoms. The Bertz CT molecular complexity index is 885. The third-order valence-corrected chi connectivity index (χ3v) is 5.84. The van der Waals surface area contributed by atoms with Crippen LogP contribution in [0.4, 0.5) is 10.5 Å². The molecule has 0 aromatic heterocycles. The average molecular weight is 408 g/mol. The molecule has 2 heterocycles. The smallest absolute Gasteiger partial charge is 0.319 e. The summed E-state index contributed by atoms with van der Waals surface area (Å²) < 4.78 is 5.85. The quantitative estimate of drug-likeness (QED) is 0.729. The Balaban J connectivity index is 1.35. The summed E-state index contributed by atoms with van der Waals surface area (Å²) in [5, 5.41) is 5.73. The number of carbonyl (C=O) groups excluding carboxylic acids is 2. The number of fused-ring (bicyclic) bond motifs is 2. The number of anilines is 1. The van der Waals surface area contributed by atoms with Gasteiger partial charge in [0.05, 0.1) is 12.2 Å². The number of benzene rings is 2. The van der Waals surface area contributed by atoms with Crippen molar-refractivity contribution in [1.29, 1.82) is 0 Å². The number of carbonyl (C=O) groups is 2. The first-order valence-electron chi connectivity index (χ1n) is 10.9. The van der Waals surface area contributed by atoms with Crippen LogP contribution in [0.3, 0.4) is 0 Å². The molecule has 2 aromatic rings. The van der Waals surface area contributed by atoms with Gasteiger partial charge in [0.2, 0.25) is 0 Å². The summed E-state index contributed by atoms with van der Waals surface area (Å²) in [4.78, 5) is 27.4. The van der Waals surface area contributed by atoms with Gasteiger partial charge in [0.1, 0.15) is 5.75 Å². The third-order valence-electron chi connectivity index (χ3n) is 5.84. The molecular weight excluding hydrogens is 378 g/mol. The van der Waals surface area contributed by atoms with E-state index >= 15 is 0 Å². The molecule has 1 unspecified atom stereocenters. The van der Waals surface area contributed by atoms with Crippen LogP contribution in [-0.4, -0.2) is 42.6 Å². The molecule has 2 aliphatic heterocycles. The minimum atomic E-state index is -0.266. The first kappa shape index (κ1) is 20.3. The highest BCUT2D eigenvalue weighted by atomic mass is 16.5. The molecule has 30 heavy (non-hydrogen) atoms. The summed E-state index contributed by atoms with van der Waals surface area (Å²) in [7, 11) is 0. The average Bonchev–Trinajstić information content (AvgIpc) is 2.77. The minimum absolute atomic E-state index is 0.00122. The van der Waals surface area contributed by atoms with Gasteiger partial charge in [0.15, 0.2) is 0 Å². The van der Waals surface area contributed by atoms with Crippen molar-refractivity contribution in [2.75, 3.05) is 25.0 Å². The van der Waals surface area contributed by atoms with E-state index in [-0.39, 0.29) is 18.0 Å². The molecule has 0 bridgehead atoms. The summed E-state index contributed by atoms with van der Waals surface area (Å²) >= 11 is 0. The van der Waals surface area contributed by atoms with Crippen LogP contribution in [0.25, 0.3) is 0 Å². The number of nitrogens with zero attached hydrogens (tertiary/aromatic N) is 1. The lowest BCUT2D eigenvalue weighted by atomic mass is 9.97. The number of rotatable bonds is 5. The summed E-state index contributed by atoms with van der Waals surface area (Å²) in [5.74, 6) is 0.596. The van der Waals surface area contributed by atoms with Crippen molar-refractivity contribution >= 4 is 17.6 Å². The molecule has 6 nitrogen and oxygen atoms in total. The van der Waals surface area contributed by atoms with E-state index in [9.17, 15) is 9.59 Å². The fourth-order valence-electron chi connectivity index (χ4n) is 4.24. The number of hydrogen-bond acceptors (Lipinski definition) is 3. The number of urea groups is 1. The van der Waals surface area contributed by atoms with Gasteiger partial charge < -0.3 is 20.3 Å². The van der Waals surface area contributed by atoms with Crippen LogP contribution < -0.4 is 15.4 Å². The lowest BCUT2D eigenvalue weighted by molar-refractivity contribution is 0.0548. The second kappa shape index (κ2) is 9.65. The second-order valence-corrected chi connectivity index (χ2v) is 7.97. The maximum Gasteiger partial charge on any atom is 0.319 e. The standard InChI is InChI=1S/C24H29N3O3/c28-23-21-17-19(26-24(29)25-14-6-9-18-7-2-1-3-8-18)11-12-22(21)30-16-13-20-10-4-5-15-27(20)23/h1-3,7-8,11-12,17,20H,4-6,9-10,13-16H2,(H2,25,26,29). The zero-order valence-corrected chi connectivity index (χ0v) is 17.2. The van der Waals surface area contributed by atoms with Gasteiger partial charge in [0, 0.05) is 31.2 Å². The van der Waals surface area contributed by atoms with Crippen molar-refractivity contribution in [2.24, 2.45) is 0 Å². The van der Waals surface area contributed by atoms with Crippen molar-refractivity contribution in [3.8, 4) is 5.75 Å². The van der Waals surface area contributed by atoms with Crippen LogP contribution in [0.15, 0.2) is 48.5 Å². The highest BCUT2D eigenvalue weighted by Gasteiger charge is 2.31.